The summed E-state index contributed by atoms with van der Waals surface area (Å²) in [4.78, 5) is 4.03. The largest absolute Gasteiger partial charge is 0.387 e. The molecule has 1 heterocycles. The number of aliphatic hydroxyl groups is 1. The lowest BCUT2D eigenvalue weighted by Gasteiger charge is -2.12. The number of aliphatic hydroxyl groups excluding tert-OH is 1. The molecule has 0 aliphatic heterocycles. The van der Waals surface area contributed by atoms with Crippen LogP contribution < -0.4 is 5.32 Å². The van der Waals surface area contributed by atoms with E-state index in [1.807, 2.05) is 18.3 Å². The highest BCUT2D eigenvalue weighted by atomic mass is 19.1. The second-order valence-corrected chi connectivity index (χ2v) is 4.35. The standard InChI is InChI=1S/C15H17FN2O/c16-14-6-2-1-5-13(14)15(19)11-18-9-7-12-4-3-8-17-10-12/h1-6,8,10,15,18-19H,7,9,11H2. The van der Waals surface area contributed by atoms with E-state index in [0.717, 1.165) is 18.5 Å². The van der Waals surface area contributed by atoms with E-state index in [9.17, 15) is 9.50 Å². The minimum absolute atomic E-state index is 0.330. The number of nitrogens with zero attached hydrogens (tertiary/aromatic N) is 1. The molecule has 2 rings (SSSR count). The molecule has 0 spiro atoms. The van der Waals surface area contributed by atoms with Gasteiger partial charge in [0.15, 0.2) is 0 Å². The fourth-order valence-electron chi connectivity index (χ4n) is 1.87. The van der Waals surface area contributed by atoms with Crippen molar-refractivity contribution in [3.63, 3.8) is 0 Å². The van der Waals surface area contributed by atoms with Gasteiger partial charge < -0.3 is 10.4 Å². The molecule has 0 bridgehead atoms. The number of hydrogen-bond acceptors (Lipinski definition) is 3. The normalized spacial score (nSPS) is 12.3. The van der Waals surface area contributed by atoms with Gasteiger partial charge in [0.05, 0.1) is 6.10 Å². The molecule has 0 aliphatic rings. The second-order valence-electron chi connectivity index (χ2n) is 4.35. The molecule has 1 aromatic heterocycles. The van der Waals surface area contributed by atoms with Gasteiger partial charge in [-0.25, -0.2) is 4.39 Å². The summed E-state index contributed by atoms with van der Waals surface area (Å²) in [6, 6.07) is 10.2. The number of benzene rings is 1. The summed E-state index contributed by atoms with van der Waals surface area (Å²) in [6.07, 6.45) is 3.56. The van der Waals surface area contributed by atoms with Gasteiger partial charge in [0, 0.05) is 24.5 Å². The molecule has 0 saturated heterocycles. The maximum absolute atomic E-state index is 13.4. The average molecular weight is 260 g/mol. The molecule has 2 N–H and O–H groups in total. The first-order valence-electron chi connectivity index (χ1n) is 6.29. The van der Waals surface area contributed by atoms with Crippen molar-refractivity contribution in [1.29, 1.82) is 0 Å². The first-order valence-corrected chi connectivity index (χ1v) is 6.29. The maximum atomic E-state index is 13.4. The Morgan fingerprint density at radius 1 is 1.21 bits per heavy atom. The highest BCUT2D eigenvalue weighted by Gasteiger charge is 2.11. The van der Waals surface area contributed by atoms with E-state index >= 15 is 0 Å². The van der Waals surface area contributed by atoms with Crippen LogP contribution in [0, 0.1) is 5.82 Å². The maximum Gasteiger partial charge on any atom is 0.129 e. The molecule has 3 nitrogen and oxygen atoms in total. The monoisotopic (exact) mass is 260 g/mol. The molecule has 0 fully saturated rings. The predicted molar refractivity (Wildman–Crippen MR) is 72.2 cm³/mol. The van der Waals surface area contributed by atoms with Crippen LogP contribution in [0.2, 0.25) is 0 Å². The van der Waals surface area contributed by atoms with Crippen LogP contribution in [0.5, 0.6) is 0 Å². The van der Waals surface area contributed by atoms with Gasteiger partial charge in [-0.15, -0.1) is 0 Å². The fourth-order valence-corrected chi connectivity index (χ4v) is 1.87. The topological polar surface area (TPSA) is 45.1 Å². The van der Waals surface area contributed by atoms with Crippen molar-refractivity contribution in [2.24, 2.45) is 0 Å². The van der Waals surface area contributed by atoms with Crippen LogP contribution in [0.1, 0.15) is 17.2 Å². The van der Waals surface area contributed by atoms with Gasteiger partial charge in [0.1, 0.15) is 5.82 Å². The molecule has 1 atom stereocenters. The fraction of sp³-hybridized carbons (Fsp3) is 0.267. The summed E-state index contributed by atoms with van der Waals surface area (Å²) in [5.74, 6) is -0.371. The summed E-state index contributed by atoms with van der Waals surface area (Å²) in [5, 5.41) is 13.0. The summed E-state index contributed by atoms with van der Waals surface area (Å²) in [7, 11) is 0. The molecule has 4 heteroatoms. The van der Waals surface area contributed by atoms with Crippen molar-refractivity contribution in [2.45, 2.75) is 12.5 Å². The third kappa shape index (κ3) is 4.12. The Kier molecular flexibility index (Phi) is 5.01. The molecule has 19 heavy (non-hydrogen) atoms. The average Bonchev–Trinajstić information content (AvgIpc) is 2.45. The van der Waals surface area contributed by atoms with E-state index in [-0.39, 0.29) is 5.82 Å². The molecule has 0 aliphatic carbocycles. The molecular formula is C15H17FN2O. The Bertz CT molecular complexity index is 505. The predicted octanol–water partition coefficient (Wildman–Crippen LogP) is 2.09. The SMILES string of the molecule is OC(CNCCc1cccnc1)c1ccccc1F. The van der Waals surface area contributed by atoms with Crippen LogP contribution in [-0.2, 0) is 6.42 Å². The van der Waals surface area contributed by atoms with E-state index in [1.54, 1.807) is 24.4 Å². The Morgan fingerprint density at radius 3 is 2.79 bits per heavy atom. The minimum atomic E-state index is -0.824. The van der Waals surface area contributed by atoms with Crippen LogP contribution in [0.15, 0.2) is 48.8 Å². The highest BCUT2D eigenvalue weighted by Crippen LogP contribution is 2.15. The Labute approximate surface area is 112 Å². The number of nitrogens with one attached hydrogen (secondary N) is 1. The van der Waals surface area contributed by atoms with E-state index in [1.165, 1.54) is 6.07 Å². The third-order valence-electron chi connectivity index (χ3n) is 2.92. The molecule has 0 saturated carbocycles. The number of aromatic nitrogens is 1. The van der Waals surface area contributed by atoms with Crippen LogP contribution in [-0.4, -0.2) is 23.2 Å². The second kappa shape index (κ2) is 6.97. The molecule has 2 aromatic rings. The summed E-state index contributed by atoms with van der Waals surface area (Å²) in [6.45, 7) is 1.05. The zero-order valence-corrected chi connectivity index (χ0v) is 10.6. The van der Waals surface area contributed by atoms with Crippen molar-refractivity contribution < 1.29 is 9.50 Å². The van der Waals surface area contributed by atoms with Crippen molar-refractivity contribution in [2.75, 3.05) is 13.1 Å². The molecule has 1 unspecified atom stereocenters. The lowest BCUT2D eigenvalue weighted by molar-refractivity contribution is 0.170. The van der Waals surface area contributed by atoms with Gasteiger partial charge in [-0.05, 0) is 30.7 Å². The molecular weight excluding hydrogens is 243 g/mol. The Hall–Kier alpha value is -1.78. The molecule has 100 valence electrons. The van der Waals surface area contributed by atoms with Gasteiger partial charge in [-0.1, -0.05) is 24.3 Å². The molecule has 0 amide bonds. The van der Waals surface area contributed by atoms with Gasteiger partial charge >= 0.3 is 0 Å². The highest BCUT2D eigenvalue weighted by molar-refractivity contribution is 5.20. The molecule has 1 aromatic carbocycles. The quantitative estimate of drug-likeness (QED) is 0.782. The van der Waals surface area contributed by atoms with Gasteiger partial charge in [-0.3, -0.25) is 4.98 Å². The van der Waals surface area contributed by atoms with Crippen molar-refractivity contribution in [3.05, 3.63) is 65.7 Å². The zero-order valence-electron chi connectivity index (χ0n) is 10.6. The van der Waals surface area contributed by atoms with Gasteiger partial charge in [0.2, 0.25) is 0 Å². The first kappa shape index (κ1) is 13.6. The van der Waals surface area contributed by atoms with E-state index in [0.29, 0.717) is 12.1 Å². The van der Waals surface area contributed by atoms with Crippen LogP contribution in [0.3, 0.4) is 0 Å². The summed E-state index contributed by atoms with van der Waals surface area (Å²) >= 11 is 0. The van der Waals surface area contributed by atoms with Crippen molar-refractivity contribution >= 4 is 0 Å². The number of hydrogen-bond donors (Lipinski definition) is 2. The third-order valence-corrected chi connectivity index (χ3v) is 2.92. The van der Waals surface area contributed by atoms with Crippen molar-refractivity contribution in [1.82, 2.24) is 10.3 Å². The van der Waals surface area contributed by atoms with E-state index < -0.39 is 6.10 Å². The number of pyridine rings is 1. The van der Waals surface area contributed by atoms with Crippen LogP contribution in [0.25, 0.3) is 0 Å². The lowest BCUT2D eigenvalue weighted by Crippen LogP contribution is -2.24. The Balaban J connectivity index is 1.76. The first-order chi connectivity index (χ1) is 9.27. The van der Waals surface area contributed by atoms with E-state index in [4.69, 9.17) is 0 Å². The van der Waals surface area contributed by atoms with Gasteiger partial charge in [0.25, 0.3) is 0 Å². The van der Waals surface area contributed by atoms with Crippen LogP contribution >= 0.6 is 0 Å². The molecule has 0 radical (unpaired) electrons. The zero-order chi connectivity index (χ0) is 13.5. The number of rotatable bonds is 6. The Morgan fingerprint density at radius 2 is 2.05 bits per heavy atom. The minimum Gasteiger partial charge on any atom is -0.387 e. The van der Waals surface area contributed by atoms with Crippen molar-refractivity contribution in [3.8, 4) is 0 Å². The summed E-state index contributed by atoms with van der Waals surface area (Å²) < 4.78 is 13.4. The van der Waals surface area contributed by atoms with Crippen LogP contribution in [0.4, 0.5) is 4.39 Å². The lowest BCUT2D eigenvalue weighted by atomic mass is 10.1. The van der Waals surface area contributed by atoms with Gasteiger partial charge in [-0.2, -0.15) is 0 Å². The smallest absolute Gasteiger partial charge is 0.129 e. The number of halogens is 1. The van der Waals surface area contributed by atoms with E-state index in [2.05, 4.69) is 10.3 Å². The summed E-state index contributed by atoms with van der Waals surface area (Å²) in [5.41, 5.74) is 1.46.